The minimum absolute atomic E-state index is 0.173. The number of amides is 1. The largest absolute Gasteiger partial charge is 0.331 e. The highest BCUT2D eigenvalue weighted by atomic mass is 79.9. The SMILES string of the molecule is Cc1ccc(C(=O)NC(=S)Nc2c(Br)cc(Br)cc2-c2nc3ccccc3s2)cc1Cl. The highest BCUT2D eigenvalue weighted by molar-refractivity contribution is 9.11. The molecular formula is C22H14Br2ClN3OS2. The Labute approximate surface area is 210 Å². The number of aryl methyl sites for hydroxylation is 1. The lowest BCUT2D eigenvalue weighted by atomic mass is 10.1. The summed E-state index contributed by atoms with van der Waals surface area (Å²) in [4.78, 5) is 17.3. The van der Waals surface area contributed by atoms with E-state index in [0.29, 0.717) is 10.6 Å². The van der Waals surface area contributed by atoms with Gasteiger partial charge >= 0.3 is 0 Å². The number of thiazole rings is 1. The Bertz CT molecular complexity index is 1310. The average Bonchev–Trinajstić information content (AvgIpc) is 3.16. The van der Waals surface area contributed by atoms with Gasteiger partial charge in [0.2, 0.25) is 0 Å². The summed E-state index contributed by atoms with van der Waals surface area (Å²) in [5.74, 6) is -0.339. The predicted molar refractivity (Wildman–Crippen MR) is 140 cm³/mol. The number of rotatable bonds is 3. The van der Waals surface area contributed by atoms with Crippen molar-refractivity contribution in [3.8, 4) is 10.6 Å². The summed E-state index contributed by atoms with van der Waals surface area (Å²) < 4.78 is 2.77. The Kier molecular flexibility index (Phi) is 6.74. The smallest absolute Gasteiger partial charge is 0.257 e. The lowest BCUT2D eigenvalue weighted by Gasteiger charge is -2.15. The van der Waals surface area contributed by atoms with Crippen LogP contribution in [0.5, 0.6) is 0 Å². The van der Waals surface area contributed by atoms with Crippen molar-refractivity contribution in [3.05, 3.63) is 79.7 Å². The second kappa shape index (κ2) is 9.34. The number of carbonyl (C=O) groups is 1. The molecule has 0 bridgehead atoms. The molecule has 2 N–H and O–H groups in total. The van der Waals surface area contributed by atoms with Gasteiger partial charge in [-0.25, -0.2) is 4.98 Å². The van der Waals surface area contributed by atoms with Crippen molar-refractivity contribution >= 4 is 93.9 Å². The zero-order valence-corrected chi connectivity index (χ0v) is 21.6. The maximum atomic E-state index is 12.6. The molecule has 0 spiro atoms. The number of aromatic nitrogens is 1. The monoisotopic (exact) mass is 593 g/mol. The number of fused-ring (bicyclic) bond motifs is 1. The van der Waals surface area contributed by atoms with E-state index in [2.05, 4.69) is 42.5 Å². The third-order valence-electron chi connectivity index (χ3n) is 4.48. The van der Waals surface area contributed by atoms with Crippen LogP contribution in [0.25, 0.3) is 20.8 Å². The minimum atomic E-state index is -0.339. The number of thiocarbonyl (C=S) groups is 1. The first-order chi connectivity index (χ1) is 14.8. The van der Waals surface area contributed by atoms with Crippen molar-refractivity contribution in [2.75, 3.05) is 5.32 Å². The van der Waals surface area contributed by atoms with Gasteiger partial charge in [0.1, 0.15) is 5.01 Å². The number of nitrogens with zero attached hydrogens (tertiary/aromatic N) is 1. The van der Waals surface area contributed by atoms with Gasteiger partial charge in [0.05, 0.1) is 15.9 Å². The van der Waals surface area contributed by atoms with Crippen molar-refractivity contribution in [2.24, 2.45) is 0 Å². The zero-order chi connectivity index (χ0) is 22.1. The number of carbonyl (C=O) groups excluding carboxylic acids is 1. The van der Waals surface area contributed by atoms with E-state index in [4.69, 9.17) is 28.8 Å². The molecule has 31 heavy (non-hydrogen) atoms. The number of hydrogen-bond donors (Lipinski definition) is 2. The Balaban J connectivity index is 1.62. The number of hydrogen-bond acceptors (Lipinski definition) is 4. The van der Waals surface area contributed by atoms with E-state index >= 15 is 0 Å². The van der Waals surface area contributed by atoms with Crippen molar-refractivity contribution in [3.63, 3.8) is 0 Å². The molecule has 9 heteroatoms. The molecule has 156 valence electrons. The molecule has 3 aromatic carbocycles. The third-order valence-corrected chi connectivity index (χ3v) is 7.24. The second-order valence-corrected chi connectivity index (χ2v) is 10.3. The van der Waals surface area contributed by atoms with Crippen LogP contribution in [0.3, 0.4) is 0 Å². The van der Waals surface area contributed by atoms with Gasteiger partial charge in [0, 0.05) is 25.1 Å². The summed E-state index contributed by atoms with van der Waals surface area (Å²) in [6, 6.07) is 17.0. The van der Waals surface area contributed by atoms with E-state index in [1.807, 2.05) is 43.3 Å². The van der Waals surface area contributed by atoms with Crippen molar-refractivity contribution in [2.45, 2.75) is 6.92 Å². The van der Waals surface area contributed by atoms with E-state index in [-0.39, 0.29) is 11.0 Å². The summed E-state index contributed by atoms with van der Waals surface area (Å²) in [7, 11) is 0. The molecule has 4 aromatic rings. The quantitative estimate of drug-likeness (QED) is 0.240. The number of nitrogens with one attached hydrogen (secondary N) is 2. The van der Waals surface area contributed by atoms with Crippen molar-refractivity contribution < 1.29 is 4.79 Å². The Morgan fingerprint density at radius 3 is 2.65 bits per heavy atom. The molecule has 0 radical (unpaired) electrons. The van der Waals surface area contributed by atoms with Crippen LogP contribution in [0.2, 0.25) is 5.02 Å². The highest BCUT2D eigenvalue weighted by Gasteiger charge is 2.17. The fourth-order valence-electron chi connectivity index (χ4n) is 2.91. The van der Waals surface area contributed by atoms with Crippen LogP contribution in [0, 0.1) is 6.92 Å². The maximum absolute atomic E-state index is 12.6. The van der Waals surface area contributed by atoms with Crippen molar-refractivity contribution in [1.29, 1.82) is 0 Å². The van der Waals surface area contributed by atoms with Crippen LogP contribution in [0.1, 0.15) is 15.9 Å². The van der Waals surface area contributed by atoms with Gasteiger partial charge in [-0.15, -0.1) is 11.3 Å². The molecule has 0 aliphatic carbocycles. The van der Waals surface area contributed by atoms with Gasteiger partial charge in [-0.2, -0.15) is 0 Å². The molecule has 1 aromatic heterocycles. The second-order valence-electron chi connectivity index (χ2n) is 6.67. The van der Waals surface area contributed by atoms with Crippen LogP contribution in [0.4, 0.5) is 5.69 Å². The normalized spacial score (nSPS) is 10.8. The molecule has 0 aliphatic rings. The average molecular weight is 596 g/mol. The zero-order valence-electron chi connectivity index (χ0n) is 16.0. The summed E-state index contributed by atoms with van der Waals surface area (Å²) in [5, 5.41) is 7.39. The molecule has 0 saturated heterocycles. The van der Waals surface area contributed by atoms with Gasteiger partial charge < -0.3 is 5.32 Å². The Morgan fingerprint density at radius 2 is 1.90 bits per heavy atom. The molecule has 1 heterocycles. The topological polar surface area (TPSA) is 54.0 Å². The van der Waals surface area contributed by atoms with Crippen LogP contribution in [-0.4, -0.2) is 16.0 Å². The van der Waals surface area contributed by atoms with Gasteiger partial charge in [0.15, 0.2) is 5.11 Å². The summed E-state index contributed by atoms with van der Waals surface area (Å²) >= 11 is 20.3. The van der Waals surface area contributed by atoms with Gasteiger partial charge in [0.25, 0.3) is 5.91 Å². The van der Waals surface area contributed by atoms with E-state index in [9.17, 15) is 4.79 Å². The highest BCUT2D eigenvalue weighted by Crippen LogP contribution is 2.40. The number of para-hydroxylation sites is 1. The number of benzene rings is 3. The van der Waals surface area contributed by atoms with Crippen molar-refractivity contribution in [1.82, 2.24) is 10.3 Å². The Morgan fingerprint density at radius 1 is 1.13 bits per heavy atom. The molecule has 4 nitrogen and oxygen atoms in total. The minimum Gasteiger partial charge on any atom is -0.331 e. The molecule has 0 atom stereocenters. The number of anilines is 1. The number of halogens is 3. The van der Waals surface area contributed by atoms with E-state index < -0.39 is 0 Å². The fourth-order valence-corrected chi connectivity index (χ4v) is 5.60. The molecule has 0 saturated carbocycles. The summed E-state index contributed by atoms with van der Waals surface area (Å²) in [6.45, 7) is 1.88. The van der Waals surface area contributed by atoms with E-state index in [1.54, 1.807) is 29.5 Å². The Hall–Kier alpha value is -1.84. The third kappa shape index (κ3) is 4.99. The lowest BCUT2D eigenvalue weighted by Crippen LogP contribution is -2.34. The lowest BCUT2D eigenvalue weighted by molar-refractivity contribution is 0.0977. The van der Waals surface area contributed by atoms with E-state index in [1.165, 1.54) is 0 Å². The molecule has 0 fully saturated rings. The van der Waals surface area contributed by atoms with Crippen LogP contribution >= 0.6 is 67.0 Å². The fraction of sp³-hybridized carbons (Fsp3) is 0.0455. The predicted octanol–water partition coefficient (Wildman–Crippen LogP) is 7.58. The van der Waals surface area contributed by atoms with Crippen LogP contribution < -0.4 is 10.6 Å². The van der Waals surface area contributed by atoms with Gasteiger partial charge in [-0.3, -0.25) is 10.1 Å². The molecule has 4 rings (SSSR count). The molecular weight excluding hydrogens is 582 g/mol. The summed E-state index contributed by atoms with van der Waals surface area (Å²) in [5.41, 5.74) is 3.84. The molecule has 0 aliphatic heterocycles. The standard InChI is InChI=1S/C22H14Br2ClN3OS2/c1-11-6-7-12(8-16(11)25)20(29)28-22(30)27-19-14(9-13(23)10-15(19)24)21-26-17-4-2-3-5-18(17)31-21/h2-10H,1H3,(H2,27,28,29,30). The first-order valence-electron chi connectivity index (χ1n) is 9.05. The maximum Gasteiger partial charge on any atom is 0.257 e. The van der Waals surface area contributed by atoms with E-state index in [0.717, 1.165) is 41.0 Å². The first kappa shape index (κ1) is 22.4. The van der Waals surface area contributed by atoms with Gasteiger partial charge in [-0.05, 0) is 77.0 Å². The first-order valence-corrected chi connectivity index (χ1v) is 12.2. The molecule has 1 amide bonds. The van der Waals surface area contributed by atoms with Gasteiger partial charge in [-0.1, -0.05) is 45.7 Å². The van der Waals surface area contributed by atoms with Crippen LogP contribution in [-0.2, 0) is 0 Å². The molecule has 0 unspecified atom stereocenters. The summed E-state index contributed by atoms with van der Waals surface area (Å²) in [6.07, 6.45) is 0. The van der Waals surface area contributed by atoms with Crippen LogP contribution in [0.15, 0.2) is 63.5 Å².